The third-order valence-corrected chi connectivity index (χ3v) is 2.28. The molecule has 0 radical (unpaired) electrons. The summed E-state index contributed by atoms with van der Waals surface area (Å²) >= 11 is 0. The Morgan fingerprint density at radius 2 is 1.21 bits per heavy atom. The molecule has 1 aliphatic carbocycles. The van der Waals surface area contributed by atoms with E-state index in [-0.39, 0.29) is 11.6 Å². The maximum Gasteiger partial charge on any atom is 0.182 e. The number of rotatable bonds is 4. The van der Waals surface area contributed by atoms with Crippen LogP contribution < -0.4 is 0 Å². The van der Waals surface area contributed by atoms with Crippen molar-refractivity contribution in [1.29, 1.82) is 0 Å². The monoisotopic (exact) mass is 192 g/mol. The first-order valence-electron chi connectivity index (χ1n) is 5.18. The van der Waals surface area contributed by atoms with Gasteiger partial charge in [0.2, 0.25) is 0 Å². The number of hydrogen-bond donors (Lipinski definition) is 0. The summed E-state index contributed by atoms with van der Waals surface area (Å²) in [7, 11) is 0. The normalized spacial score (nSPS) is 16.7. The van der Waals surface area contributed by atoms with Crippen molar-refractivity contribution in [3.63, 3.8) is 0 Å². The summed E-state index contributed by atoms with van der Waals surface area (Å²) < 4.78 is 0. The van der Waals surface area contributed by atoms with Crippen LogP contribution in [0, 0.1) is 0 Å². The lowest BCUT2D eigenvalue weighted by Crippen LogP contribution is -2.13. The van der Waals surface area contributed by atoms with Crippen molar-refractivity contribution >= 4 is 11.6 Å². The lowest BCUT2D eigenvalue weighted by molar-refractivity contribution is -0.115. The first kappa shape index (κ1) is 10.9. The predicted octanol–water partition coefficient (Wildman–Crippen LogP) is 2.59. The van der Waals surface area contributed by atoms with Gasteiger partial charge in [-0.3, -0.25) is 9.59 Å². The first-order valence-corrected chi connectivity index (χ1v) is 5.18. The van der Waals surface area contributed by atoms with Gasteiger partial charge in [-0.25, -0.2) is 0 Å². The van der Waals surface area contributed by atoms with Crippen LogP contribution in [0.2, 0.25) is 0 Å². The Hall–Kier alpha value is -1.18. The average Bonchev–Trinajstić information content (AvgIpc) is 2.14. The van der Waals surface area contributed by atoms with E-state index in [1.807, 2.05) is 13.8 Å². The number of ketones is 2. The van der Waals surface area contributed by atoms with Crippen LogP contribution in [0.5, 0.6) is 0 Å². The molecule has 0 saturated heterocycles. The molecule has 1 rings (SSSR count). The minimum Gasteiger partial charge on any atom is -0.290 e. The summed E-state index contributed by atoms with van der Waals surface area (Å²) in [6.45, 7) is 4.01. The number of carbonyl (C=O) groups is 2. The SMILES string of the molecule is CCCC1=CC(=O)C(CCC)=CC1=O. The molecule has 14 heavy (non-hydrogen) atoms. The fourth-order valence-electron chi connectivity index (χ4n) is 1.57. The van der Waals surface area contributed by atoms with Crippen LogP contribution in [0.1, 0.15) is 39.5 Å². The van der Waals surface area contributed by atoms with Crippen molar-refractivity contribution in [2.45, 2.75) is 39.5 Å². The molecular weight excluding hydrogens is 176 g/mol. The summed E-state index contributed by atoms with van der Waals surface area (Å²) in [5.74, 6) is 0.0461. The second-order valence-corrected chi connectivity index (χ2v) is 3.57. The predicted molar refractivity (Wildman–Crippen MR) is 56.0 cm³/mol. The minimum absolute atomic E-state index is 0.0231. The smallest absolute Gasteiger partial charge is 0.182 e. The van der Waals surface area contributed by atoms with Gasteiger partial charge in [-0.05, 0) is 25.0 Å². The van der Waals surface area contributed by atoms with Crippen molar-refractivity contribution < 1.29 is 9.59 Å². The Bertz CT molecular complexity index is 276. The van der Waals surface area contributed by atoms with Crippen LogP contribution >= 0.6 is 0 Å². The van der Waals surface area contributed by atoms with E-state index in [4.69, 9.17) is 0 Å². The highest BCUT2D eigenvalue weighted by molar-refractivity contribution is 6.19. The van der Waals surface area contributed by atoms with E-state index in [2.05, 4.69) is 0 Å². The van der Waals surface area contributed by atoms with Crippen LogP contribution in [-0.2, 0) is 9.59 Å². The van der Waals surface area contributed by atoms with E-state index in [0.717, 1.165) is 12.8 Å². The molecule has 0 N–H and O–H groups in total. The lowest BCUT2D eigenvalue weighted by Gasteiger charge is -2.10. The highest BCUT2D eigenvalue weighted by Gasteiger charge is 2.18. The van der Waals surface area contributed by atoms with Gasteiger partial charge in [0, 0.05) is 11.1 Å². The van der Waals surface area contributed by atoms with Crippen molar-refractivity contribution in [2.75, 3.05) is 0 Å². The van der Waals surface area contributed by atoms with Crippen molar-refractivity contribution in [3.05, 3.63) is 23.3 Å². The molecular formula is C12H16O2. The highest BCUT2D eigenvalue weighted by atomic mass is 16.1. The molecule has 76 valence electrons. The maximum atomic E-state index is 11.5. The van der Waals surface area contributed by atoms with E-state index in [1.54, 1.807) is 0 Å². The molecule has 0 unspecified atom stereocenters. The van der Waals surface area contributed by atoms with Crippen molar-refractivity contribution in [3.8, 4) is 0 Å². The quantitative estimate of drug-likeness (QED) is 0.641. The van der Waals surface area contributed by atoms with Crippen LogP contribution in [0.3, 0.4) is 0 Å². The van der Waals surface area contributed by atoms with Gasteiger partial charge >= 0.3 is 0 Å². The molecule has 0 aliphatic heterocycles. The van der Waals surface area contributed by atoms with Gasteiger partial charge in [0.1, 0.15) is 0 Å². The molecule has 0 spiro atoms. The largest absolute Gasteiger partial charge is 0.290 e. The molecule has 0 aromatic rings. The zero-order valence-corrected chi connectivity index (χ0v) is 8.80. The summed E-state index contributed by atoms with van der Waals surface area (Å²) in [5, 5.41) is 0. The molecule has 1 aliphatic rings. The van der Waals surface area contributed by atoms with E-state index in [0.29, 0.717) is 24.0 Å². The Balaban J connectivity index is 2.79. The highest BCUT2D eigenvalue weighted by Crippen LogP contribution is 2.18. The molecule has 0 amide bonds. The van der Waals surface area contributed by atoms with Gasteiger partial charge in [0.25, 0.3) is 0 Å². The fraction of sp³-hybridized carbons (Fsp3) is 0.500. The Labute approximate surface area is 84.7 Å². The molecule has 0 atom stereocenters. The molecule has 0 aromatic heterocycles. The number of hydrogen-bond acceptors (Lipinski definition) is 2. The second kappa shape index (κ2) is 4.89. The maximum absolute atomic E-state index is 11.5. The van der Waals surface area contributed by atoms with Gasteiger partial charge in [-0.15, -0.1) is 0 Å². The number of allylic oxidation sites excluding steroid dienone is 4. The fourth-order valence-corrected chi connectivity index (χ4v) is 1.57. The van der Waals surface area contributed by atoms with Crippen LogP contribution in [0.4, 0.5) is 0 Å². The van der Waals surface area contributed by atoms with E-state index in [1.165, 1.54) is 12.2 Å². The average molecular weight is 192 g/mol. The van der Waals surface area contributed by atoms with Gasteiger partial charge in [0.15, 0.2) is 11.6 Å². The molecule has 0 bridgehead atoms. The van der Waals surface area contributed by atoms with E-state index >= 15 is 0 Å². The summed E-state index contributed by atoms with van der Waals surface area (Å²) in [6.07, 6.45) is 6.25. The minimum atomic E-state index is 0.0231. The first-order chi connectivity index (χ1) is 6.69. The lowest BCUT2D eigenvalue weighted by atomic mass is 9.92. The van der Waals surface area contributed by atoms with Crippen LogP contribution in [0.15, 0.2) is 23.3 Å². The molecule has 2 nitrogen and oxygen atoms in total. The van der Waals surface area contributed by atoms with Crippen LogP contribution in [0.25, 0.3) is 0 Å². The molecule has 0 heterocycles. The molecule has 0 fully saturated rings. The van der Waals surface area contributed by atoms with Gasteiger partial charge < -0.3 is 0 Å². The molecule has 2 heteroatoms. The number of carbonyl (C=O) groups excluding carboxylic acids is 2. The van der Waals surface area contributed by atoms with Gasteiger partial charge in [-0.1, -0.05) is 26.7 Å². The van der Waals surface area contributed by atoms with Crippen molar-refractivity contribution in [2.24, 2.45) is 0 Å². The Morgan fingerprint density at radius 1 is 0.857 bits per heavy atom. The second-order valence-electron chi connectivity index (χ2n) is 3.57. The standard InChI is InChI=1S/C12H16O2/c1-3-5-9-7-12(14)10(6-4-2)8-11(9)13/h7-8H,3-6H2,1-2H3. The van der Waals surface area contributed by atoms with E-state index < -0.39 is 0 Å². The zero-order chi connectivity index (χ0) is 10.6. The Kier molecular flexibility index (Phi) is 3.81. The molecule has 0 aromatic carbocycles. The summed E-state index contributed by atoms with van der Waals surface area (Å²) in [4.78, 5) is 23.0. The third-order valence-electron chi connectivity index (χ3n) is 2.28. The summed E-state index contributed by atoms with van der Waals surface area (Å²) in [5.41, 5.74) is 1.33. The molecule has 0 saturated carbocycles. The summed E-state index contributed by atoms with van der Waals surface area (Å²) in [6, 6.07) is 0. The van der Waals surface area contributed by atoms with Gasteiger partial charge in [0.05, 0.1) is 0 Å². The van der Waals surface area contributed by atoms with E-state index in [9.17, 15) is 9.59 Å². The Morgan fingerprint density at radius 3 is 1.50 bits per heavy atom. The zero-order valence-electron chi connectivity index (χ0n) is 8.80. The van der Waals surface area contributed by atoms with Crippen molar-refractivity contribution in [1.82, 2.24) is 0 Å². The van der Waals surface area contributed by atoms with Gasteiger partial charge in [-0.2, -0.15) is 0 Å². The third kappa shape index (κ3) is 2.41. The van der Waals surface area contributed by atoms with Crippen LogP contribution in [-0.4, -0.2) is 11.6 Å². The topological polar surface area (TPSA) is 34.1 Å².